The van der Waals surface area contributed by atoms with Crippen molar-refractivity contribution in [2.75, 3.05) is 6.54 Å². The number of aromatic nitrogens is 2. The van der Waals surface area contributed by atoms with Crippen molar-refractivity contribution in [2.24, 2.45) is 0 Å². The van der Waals surface area contributed by atoms with Crippen LogP contribution in [0.15, 0.2) is 36.4 Å². The molecule has 8 nitrogen and oxygen atoms in total. The molecule has 0 aliphatic carbocycles. The van der Waals surface area contributed by atoms with Gasteiger partial charge in [-0.25, -0.2) is 0 Å². The summed E-state index contributed by atoms with van der Waals surface area (Å²) >= 11 is 12.4. The van der Waals surface area contributed by atoms with E-state index in [1.807, 2.05) is 19.9 Å². The van der Waals surface area contributed by atoms with E-state index in [1.54, 1.807) is 26.6 Å². The maximum atomic E-state index is 13.7. The van der Waals surface area contributed by atoms with Crippen LogP contribution in [-0.4, -0.2) is 50.6 Å². The van der Waals surface area contributed by atoms with Crippen molar-refractivity contribution in [3.63, 3.8) is 0 Å². The summed E-state index contributed by atoms with van der Waals surface area (Å²) in [4.78, 5) is 30.6. The molecule has 5 rings (SSSR count). The zero-order valence-corrected chi connectivity index (χ0v) is 22.5. The largest absolute Gasteiger partial charge is 0.435 e. The molecule has 0 fully saturated rings. The monoisotopic (exact) mass is 573 g/mol. The quantitative estimate of drug-likeness (QED) is 0.403. The molecule has 0 N–H and O–H groups in total. The number of ether oxygens (including phenoxy) is 1. The molecule has 202 valence electrons. The summed E-state index contributed by atoms with van der Waals surface area (Å²) in [5.74, 6) is -0.556. The lowest BCUT2D eigenvalue weighted by molar-refractivity contribution is -0.0498. The first kappa shape index (κ1) is 26.9. The fourth-order valence-corrected chi connectivity index (χ4v) is 5.70. The minimum atomic E-state index is -2.92. The van der Waals surface area contributed by atoms with E-state index in [0.29, 0.717) is 30.8 Å². The molecular formula is C27H23Cl2F2N5O3. The van der Waals surface area contributed by atoms with Crippen molar-refractivity contribution in [3.8, 4) is 11.8 Å². The van der Waals surface area contributed by atoms with Crippen LogP contribution in [0.2, 0.25) is 10.0 Å². The fourth-order valence-electron chi connectivity index (χ4n) is 5.16. The van der Waals surface area contributed by atoms with Gasteiger partial charge in [0.1, 0.15) is 17.5 Å². The van der Waals surface area contributed by atoms with Crippen molar-refractivity contribution in [3.05, 3.63) is 80.1 Å². The molecule has 39 heavy (non-hydrogen) atoms. The van der Waals surface area contributed by atoms with E-state index < -0.39 is 6.61 Å². The number of hydrogen-bond donors (Lipinski definition) is 0. The van der Waals surface area contributed by atoms with Crippen molar-refractivity contribution < 1.29 is 23.1 Å². The van der Waals surface area contributed by atoms with Gasteiger partial charge in [-0.15, -0.1) is 0 Å². The lowest BCUT2D eigenvalue weighted by atomic mass is 9.97. The van der Waals surface area contributed by atoms with E-state index in [0.717, 1.165) is 11.3 Å². The topological polar surface area (TPSA) is 91.5 Å². The molecule has 2 amide bonds. The van der Waals surface area contributed by atoms with Crippen LogP contribution in [0.5, 0.6) is 5.75 Å². The van der Waals surface area contributed by atoms with Crippen molar-refractivity contribution >= 4 is 35.0 Å². The van der Waals surface area contributed by atoms with Gasteiger partial charge >= 0.3 is 6.61 Å². The van der Waals surface area contributed by atoms with Crippen molar-refractivity contribution in [1.82, 2.24) is 19.6 Å². The van der Waals surface area contributed by atoms with Gasteiger partial charge in [0.2, 0.25) is 0 Å². The predicted molar refractivity (Wildman–Crippen MR) is 139 cm³/mol. The molecule has 0 spiro atoms. The second-order valence-electron chi connectivity index (χ2n) is 9.50. The number of hydrogen-bond acceptors (Lipinski definition) is 5. The first-order valence-corrected chi connectivity index (χ1v) is 13.0. The van der Waals surface area contributed by atoms with E-state index in [9.17, 15) is 23.6 Å². The normalized spacial score (nSPS) is 17.5. The fraction of sp³-hybridized carbons (Fsp3) is 0.333. The highest BCUT2D eigenvalue weighted by molar-refractivity contribution is 6.38. The van der Waals surface area contributed by atoms with E-state index in [-0.39, 0.29) is 57.4 Å². The number of rotatable bonds is 5. The van der Waals surface area contributed by atoms with Crippen LogP contribution < -0.4 is 4.74 Å². The lowest BCUT2D eigenvalue weighted by Crippen LogP contribution is -2.44. The Morgan fingerprint density at radius 1 is 1.18 bits per heavy atom. The second kappa shape index (κ2) is 10.5. The molecule has 0 unspecified atom stereocenters. The standard InChI is InChI=1S/C27H23Cl2F2N5O3/c1-14-11-22-20(13-35(14)25(37)18-7-8-21(28)19(12-32)23(18)29)24-26(38)34(9-10-36(24)33-22)15(2)16-3-5-17(6-4-16)39-27(30)31/h3-8,14-15,27H,9-11,13H2,1-2H3/t14-,15+/m1/s1. The van der Waals surface area contributed by atoms with E-state index in [2.05, 4.69) is 9.84 Å². The molecule has 0 saturated heterocycles. The van der Waals surface area contributed by atoms with Crippen LogP contribution in [0, 0.1) is 11.3 Å². The van der Waals surface area contributed by atoms with Gasteiger partial charge in [0.15, 0.2) is 0 Å². The summed E-state index contributed by atoms with van der Waals surface area (Å²) in [6, 6.07) is 10.5. The number of fused-ring (bicyclic) bond motifs is 3. The van der Waals surface area contributed by atoms with Crippen LogP contribution in [-0.2, 0) is 19.5 Å². The molecule has 12 heteroatoms. The number of nitrogens with zero attached hydrogens (tertiary/aromatic N) is 5. The number of carbonyl (C=O) groups is 2. The predicted octanol–water partition coefficient (Wildman–Crippen LogP) is 5.47. The number of nitriles is 1. The number of carbonyl (C=O) groups excluding carboxylic acids is 2. The minimum Gasteiger partial charge on any atom is -0.435 e. The Kier molecular flexibility index (Phi) is 7.23. The first-order valence-electron chi connectivity index (χ1n) is 12.2. The lowest BCUT2D eigenvalue weighted by Gasteiger charge is -2.35. The summed E-state index contributed by atoms with van der Waals surface area (Å²) in [5, 5.41) is 14.2. The average Bonchev–Trinajstić information content (AvgIpc) is 3.26. The van der Waals surface area contributed by atoms with Gasteiger partial charge in [-0.2, -0.15) is 19.1 Å². The molecular weight excluding hydrogens is 551 g/mol. The van der Waals surface area contributed by atoms with Gasteiger partial charge in [-0.3, -0.25) is 14.3 Å². The smallest absolute Gasteiger partial charge is 0.387 e. The van der Waals surface area contributed by atoms with Crippen LogP contribution in [0.25, 0.3) is 0 Å². The number of halogens is 4. The number of alkyl halides is 2. The summed E-state index contributed by atoms with van der Waals surface area (Å²) in [5.41, 5.74) is 2.82. The maximum absolute atomic E-state index is 13.7. The van der Waals surface area contributed by atoms with Gasteiger partial charge in [-0.05, 0) is 43.7 Å². The van der Waals surface area contributed by atoms with Gasteiger partial charge < -0.3 is 14.5 Å². The first-order chi connectivity index (χ1) is 18.6. The SMILES string of the molecule is C[C@@H]1Cc2nn3c(c2CN1C(=O)c1ccc(Cl)c(C#N)c1Cl)C(=O)N([C@@H](C)c1ccc(OC(F)F)cc1)CC3. The molecule has 0 saturated carbocycles. The zero-order chi connectivity index (χ0) is 28.0. The molecule has 1 aromatic heterocycles. The Hall–Kier alpha value is -3.68. The molecule has 0 bridgehead atoms. The van der Waals surface area contributed by atoms with E-state index >= 15 is 0 Å². The molecule has 2 aromatic carbocycles. The molecule has 2 aliphatic rings. The highest BCUT2D eigenvalue weighted by atomic mass is 35.5. The van der Waals surface area contributed by atoms with Crippen molar-refractivity contribution in [2.45, 2.75) is 52.1 Å². The van der Waals surface area contributed by atoms with Gasteiger partial charge in [-0.1, -0.05) is 35.3 Å². The third kappa shape index (κ3) is 4.81. The van der Waals surface area contributed by atoms with Gasteiger partial charge in [0.25, 0.3) is 11.8 Å². The molecule has 3 aromatic rings. The highest BCUT2D eigenvalue weighted by Crippen LogP contribution is 2.34. The number of amides is 2. The molecule has 2 aliphatic heterocycles. The third-order valence-corrected chi connectivity index (χ3v) is 7.96. The molecule has 3 heterocycles. The molecule has 2 atom stereocenters. The summed E-state index contributed by atoms with van der Waals surface area (Å²) in [6.45, 7) is 1.89. The van der Waals surface area contributed by atoms with E-state index in [1.165, 1.54) is 24.3 Å². The Bertz CT molecular complexity index is 1500. The average molecular weight is 574 g/mol. The summed E-state index contributed by atoms with van der Waals surface area (Å²) in [7, 11) is 0. The van der Waals surface area contributed by atoms with Crippen LogP contribution in [0.4, 0.5) is 8.78 Å². The Labute approximate surface area is 233 Å². The minimum absolute atomic E-state index is 0.00826. The highest BCUT2D eigenvalue weighted by Gasteiger charge is 2.39. The van der Waals surface area contributed by atoms with Gasteiger partial charge in [0, 0.05) is 24.6 Å². The third-order valence-electron chi connectivity index (χ3n) is 7.25. The molecule has 0 radical (unpaired) electrons. The zero-order valence-electron chi connectivity index (χ0n) is 21.0. The van der Waals surface area contributed by atoms with Crippen LogP contribution >= 0.6 is 23.2 Å². The maximum Gasteiger partial charge on any atom is 0.387 e. The van der Waals surface area contributed by atoms with Crippen LogP contribution in [0.3, 0.4) is 0 Å². The Morgan fingerprint density at radius 3 is 2.56 bits per heavy atom. The Balaban J connectivity index is 1.42. The Morgan fingerprint density at radius 2 is 1.90 bits per heavy atom. The van der Waals surface area contributed by atoms with Crippen molar-refractivity contribution in [1.29, 1.82) is 5.26 Å². The van der Waals surface area contributed by atoms with E-state index in [4.69, 9.17) is 23.2 Å². The number of benzene rings is 2. The summed E-state index contributed by atoms with van der Waals surface area (Å²) in [6.07, 6.45) is 0.450. The van der Waals surface area contributed by atoms with Crippen LogP contribution in [0.1, 0.15) is 63.1 Å². The second-order valence-corrected chi connectivity index (χ2v) is 10.3. The summed E-state index contributed by atoms with van der Waals surface area (Å²) < 4.78 is 31.1. The van der Waals surface area contributed by atoms with Gasteiger partial charge in [0.05, 0.1) is 46.0 Å².